The van der Waals surface area contributed by atoms with E-state index >= 15 is 0 Å². The lowest BCUT2D eigenvalue weighted by molar-refractivity contribution is 0.840. The summed E-state index contributed by atoms with van der Waals surface area (Å²) in [6.45, 7) is 8.36. The third-order valence-corrected chi connectivity index (χ3v) is 5.36. The highest BCUT2D eigenvalue weighted by Gasteiger charge is 2.20. The fourth-order valence-electron chi connectivity index (χ4n) is 3.65. The number of fused-ring (bicyclic) bond motifs is 3. The normalized spacial score (nSPS) is 11.4. The number of rotatable bonds is 4. The number of hydrogen-bond donors (Lipinski definition) is 0. The van der Waals surface area contributed by atoms with Gasteiger partial charge >= 0.3 is 0 Å². The number of hydrogen-bond acceptors (Lipinski definition) is 2. The molecule has 0 spiro atoms. The quantitative estimate of drug-likeness (QED) is 0.445. The molecule has 2 heterocycles. The molecule has 26 heavy (non-hydrogen) atoms. The van der Waals surface area contributed by atoms with E-state index in [0.29, 0.717) is 0 Å². The van der Waals surface area contributed by atoms with Gasteiger partial charge in [-0.3, -0.25) is 4.40 Å². The number of pyridine rings is 1. The molecule has 0 bridgehead atoms. The van der Waals surface area contributed by atoms with Crippen LogP contribution < -0.4 is 4.90 Å². The molecule has 0 radical (unpaired) electrons. The molecular formula is C22H22ClN3. The van der Waals surface area contributed by atoms with Crippen molar-refractivity contribution in [2.24, 2.45) is 0 Å². The summed E-state index contributed by atoms with van der Waals surface area (Å²) in [7, 11) is 0. The SMILES string of the molecule is CCN(CC)c1c(-c2ccccc2C)nc2c3cccc(Cl)c3ccn12. The van der Waals surface area contributed by atoms with Gasteiger partial charge in [0.05, 0.1) is 0 Å². The first-order valence-corrected chi connectivity index (χ1v) is 9.43. The number of aryl methyl sites for hydroxylation is 1. The summed E-state index contributed by atoms with van der Waals surface area (Å²) < 4.78 is 2.20. The molecule has 0 atom stereocenters. The summed E-state index contributed by atoms with van der Waals surface area (Å²) in [5.41, 5.74) is 4.38. The monoisotopic (exact) mass is 363 g/mol. The van der Waals surface area contributed by atoms with Crippen molar-refractivity contribution in [3.05, 3.63) is 65.3 Å². The molecule has 2 aromatic carbocycles. The minimum absolute atomic E-state index is 0.759. The predicted octanol–water partition coefficient (Wildman–Crippen LogP) is 5.96. The number of halogens is 1. The first kappa shape index (κ1) is 16.9. The Kier molecular flexibility index (Phi) is 4.33. The van der Waals surface area contributed by atoms with Crippen molar-refractivity contribution in [1.29, 1.82) is 0 Å². The Morgan fingerprint density at radius 3 is 2.46 bits per heavy atom. The van der Waals surface area contributed by atoms with Gasteiger partial charge in [-0.25, -0.2) is 4.98 Å². The summed E-state index contributed by atoms with van der Waals surface area (Å²) in [5, 5.41) is 2.87. The van der Waals surface area contributed by atoms with E-state index in [1.165, 1.54) is 11.1 Å². The fraction of sp³-hybridized carbons (Fsp3) is 0.227. The third kappa shape index (κ3) is 2.55. The zero-order chi connectivity index (χ0) is 18.3. The molecule has 2 aromatic heterocycles. The van der Waals surface area contributed by atoms with E-state index < -0.39 is 0 Å². The number of nitrogens with zero attached hydrogens (tertiary/aromatic N) is 3. The van der Waals surface area contributed by atoms with Crippen molar-refractivity contribution < 1.29 is 0 Å². The zero-order valence-corrected chi connectivity index (χ0v) is 16.1. The fourth-order valence-corrected chi connectivity index (χ4v) is 3.89. The van der Waals surface area contributed by atoms with Gasteiger partial charge in [0.1, 0.15) is 17.2 Å². The minimum atomic E-state index is 0.759. The second-order valence-electron chi connectivity index (χ2n) is 6.48. The van der Waals surface area contributed by atoms with Crippen LogP contribution in [0.1, 0.15) is 19.4 Å². The second kappa shape index (κ2) is 6.65. The van der Waals surface area contributed by atoms with Crippen LogP contribution >= 0.6 is 11.6 Å². The molecule has 0 N–H and O–H groups in total. The molecule has 0 aliphatic heterocycles. The van der Waals surface area contributed by atoms with E-state index in [1.807, 2.05) is 12.1 Å². The number of imidazole rings is 1. The van der Waals surface area contributed by atoms with Crippen LogP contribution in [0.4, 0.5) is 5.82 Å². The molecule has 0 amide bonds. The first-order chi connectivity index (χ1) is 12.7. The maximum Gasteiger partial charge on any atom is 0.147 e. The van der Waals surface area contributed by atoms with E-state index in [-0.39, 0.29) is 0 Å². The lowest BCUT2D eigenvalue weighted by atomic mass is 10.1. The number of benzene rings is 2. The summed E-state index contributed by atoms with van der Waals surface area (Å²) in [5.74, 6) is 1.14. The molecule has 0 aliphatic carbocycles. The summed E-state index contributed by atoms with van der Waals surface area (Å²) in [6, 6.07) is 16.5. The van der Waals surface area contributed by atoms with E-state index in [4.69, 9.17) is 16.6 Å². The summed E-state index contributed by atoms with van der Waals surface area (Å²) >= 11 is 6.42. The Balaban J connectivity index is 2.13. The van der Waals surface area contributed by atoms with Crippen molar-refractivity contribution in [2.45, 2.75) is 20.8 Å². The van der Waals surface area contributed by atoms with E-state index in [2.05, 4.69) is 72.7 Å². The number of aromatic nitrogens is 2. The maximum atomic E-state index is 6.42. The van der Waals surface area contributed by atoms with Crippen molar-refractivity contribution >= 4 is 33.8 Å². The molecule has 4 rings (SSSR count). The first-order valence-electron chi connectivity index (χ1n) is 9.06. The maximum absolute atomic E-state index is 6.42. The molecule has 0 saturated heterocycles. The molecule has 4 aromatic rings. The smallest absolute Gasteiger partial charge is 0.147 e. The molecule has 0 fully saturated rings. The van der Waals surface area contributed by atoms with Crippen molar-refractivity contribution in [1.82, 2.24) is 9.38 Å². The molecule has 0 unspecified atom stereocenters. The van der Waals surface area contributed by atoms with Crippen molar-refractivity contribution in [2.75, 3.05) is 18.0 Å². The molecule has 0 aliphatic rings. The third-order valence-electron chi connectivity index (χ3n) is 5.03. The largest absolute Gasteiger partial charge is 0.356 e. The second-order valence-corrected chi connectivity index (χ2v) is 6.89. The Bertz CT molecular complexity index is 1090. The van der Waals surface area contributed by atoms with Crippen LogP contribution in [0.25, 0.3) is 27.7 Å². The van der Waals surface area contributed by atoms with Crippen LogP contribution in [0, 0.1) is 6.92 Å². The Labute approximate surface area is 158 Å². The van der Waals surface area contributed by atoms with Crippen LogP contribution in [0.5, 0.6) is 0 Å². The highest BCUT2D eigenvalue weighted by Crippen LogP contribution is 2.36. The van der Waals surface area contributed by atoms with Crippen molar-refractivity contribution in [3.63, 3.8) is 0 Å². The summed E-state index contributed by atoms with van der Waals surface area (Å²) in [4.78, 5) is 7.45. The molecule has 132 valence electrons. The van der Waals surface area contributed by atoms with Gasteiger partial charge in [-0.15, -0.1) is 0 Å². The van der Waals surface area contributed by atoms with E-state index in [0.717, 1.165) is 46.0 Å². The standard InChI is InChI=1S/C22H22ClN3/c1-4-25(5-2)22-20(16-10-7-6-9-15(16)3)24-21-18-11-8-12-19(23)17(18)13-14-26(21)22/h6-14H,4-5H2,1-3H3. The van der Waals surface area contributed by atoms with Crippen LogP contribution in [0.15, 0.2) is 54.7 Å². The lowest BCUT2D eigenvalue weighted by Gasteiger charge is -2.22. The Morgan fingerprint density at radius 2 is 1.73 bits per heavy atom. The molecule has 4 heteroatoms. The number of anilines is 1. The van der Waals surface area contributed by atoms with Gasteiger partial charge in [0.25, 0.3) is 0 Å². The molecule has 0 saturated carbocycles. The average Bonchev–Trinajstić information content (AvgIpc) is 3.03. The predicted molar refractivity (Wildman–Crippen MR) is 111 cm³/mol. The van der Waals surface area contributed by atoms with Crippen molar-refractivity contribution in [3.8, 4) is 11.3 Å². The molecule has 3 nitrogen and oxygen atoms in total. The highest BCUT2D eigenvalue weighted by atomic mass is 35.5. The van der Waals surface area contributed by atoms with Crippen LogP contribution in [-0.2, 0) is 0 Å². The van der Waals surface area contributed by atoms with Gasteiger partial charge in [0.15, 0.2) is 0 Å². The topological polar surface area (TPSA) is 20.5 Å². The van der Waals surface area contributed by atoms with Gasteiger partial charge in [-0.1, -0.05) is 48.0 Å². The van der Waals surface area contributed by atoms with Crippen LogP contribution in [0.3, 0.4) is 0 Å². The average molecular weight is 364 g/mol. The van der Waals surface area contributed by atoms with Gasteiger partial charge in [-0.2, -0.15) is 0 Å². The minimum Gasteiger partial charge on any atom is -0.356 e. The highest BCUT2D eigenvalue weighted by molar-refractivity contribution is 6.36. The summed E-state index contributed by atoms with van der Waals surface area (Å²) in [6.07, 6.45) is 2.09. The van der Waals surface area contributed by atoms with E-state index in [9.17, 15) is 0 Å². The van der Waals surface area contributed by atoms with Gasteiger partial charge < -0.3 is 4.90 Å². The van der Waals surface area contributed by atoms with Gasteiger partial charge in [-0.05, 0) is 38.5 Å². The Morgan fingerprint density at radius 1 is 0.962 bits per heavy atom. The van der Waals surface area contributed by atoms with Gasteiger partial charge in [0, 0.05) is 40.6 Å². The zero-order valence-electron chi connectivity index (χ0n) is 15.3. The van der Waals surface area contributed by atoms with Crippen LogP contribution in [-0.4, -0.2) is 22.5 Å². The Hall–Kier alpha value is -2.52. The van der Waals surface area contributed by atoms with Gasteiger partial charge in [0.2, 0.25) is 0 Å². The van der Waals surface area contributed by atoms with Crippen LogP contribution in [0.2, 0.25) is 5.02 Å². The molecular weight excluding hydrogens is 342 g/mol. The van der Waals surface area contributed by atoms with E-state index in [1.54, 1.807) is 0 Å². The lowest BCUT2D eigenvalue weighted by Crippen LogP contribution is -2.24.